The molecule has 1 amide bonds. The Hall–Kier alpha value is -2.85. The first kappa shape index (κ1) is 21.5. The number of ether oxygens (including phenoxy) is 1. The zero-order valence-electron chi connectivity index (χ0n) is 16.7. The summed E-state index contributed by atoms with van der Waals surface area (Å²) in [5.74, 6) is 0.547. The van der Waals surface area contributed by atoms with E-state index in [1.807, 2.05) is 63.2 Å². The van der Waals surface area contributed by atoms with Gasteiger partial charge < -0.3 is 10.1 Å². The summed E-state index contributed by atoms with van der Waals surface area (Å²) >= 11 is 5.90. The van der Waals surface area contributed by atoms with Crippen molar-refractivity contribution in [3.63, 3.8) is 0 Å². The van der Waals surface area contributed by atoms with E-state index in [1.165, 1.54) is 0 Å². The number of halogens is 1. The van der Waals surface area contributed by atoms with Crippen molar-refractivity contribution >= 4 is 23.2 Å². The van der Waals surface area contributed by atoms with Gasteiger partial charge in [-0.2, -0.15) is 0 Å². The third kappa shape index (κ3) is 5.57. The molecule has 1 N–H and O–H groups in total. The van der Waals surface area contributed by atoms with Gasteiger partial charge >= 0.3 is 0 Å². The number of carbonyl (C=O) groups excluding carboxylic acids is 1. The Morgan fingerprint density at radius 3 is 2.54 bits per heavy atom. The molecule has 2 rings (SSSR count). The van der Waals surface area contributed by atoms with Crippen molar-refractivity contribution < 1.29 is 9.53 Å². The summed E-state index contributed by atoms with van der Waals surface area (Å²) in [6, 6.07) is 11.3. The number of nitrogens with zero attached hydrogens (tertiary/aromatic N) is 1. The lowest BCUT2D eigenvalue weighted by atomic mass is 10.0. The van der Waals surface area contributed by atoms with Gasteiger partial charge in [-0.3, -0.25) is 9.79 Å². The molecule has 4 nitrogen and oxygen atoms in total. The summed E-state index contributed by atoms with van der Waals surface area (Å²) in [4.78, 5) is 16.5. The fraction of sp³-hybridized carbons (Fsp3) is 0.217. The highest BCUT2D eigenvalue weighted by molar-refractivity contribution is 6.30. The number of amides is 1. The average molecular weight is 397 g/mol. The molecular weight excluding hydrogens is 372 g/mol. The summed E-state index contributed by atoms with van der Waals surface area (Å²) in [5.41, 5.74) is 5.03. The van der Waals surface area contributed by atoms with E-state index in [9.17, 15) is 4.79 Å². The van der Waals surface area contributed by atoms with E-state index in [0.29, 0.717) is 22.9 Å². The van der Waals surface area contributed by atoms with Gasteiger partial charge in [0.25, 0.3) is 5.91 Å². The molecule has 0 aliphatic rings. The number of hydrogen-bond acceptors (Lipinski definition) is 3. The Morgan fingerprint density at radius 1 is 1.21 bits per heavy atom. The lowest BCUT2D eigenvalue weighted by molar-refractivity contribution is 0.0961. The highest BCUT2D eigenvalue weighted by atomic mass is 35.5. The van der Waals surface area contributed by atoms with Crippen LogP contribution < -0.4 is 10.1 Å². The fourth-order valence-corrected chi connectivity index (χ4v) is 2.82. The van der Waals surface area contributed by atoms with Crippen LogP contribution in [-0.4, -0.2) is 25.3 Å². The van der Waals surface area contributed by atoms with Crippen molar-refractivity contribution in [1.29, 1.82) is 0 Å². The molecule has 2 aromatic carbocycles. The van der Waals surface area contributed by atoms with Gasteiger partial charge in [-0.1, -0.05) is 36.4 Å². The molecule has 2 aromatic rings. The van der Waals surface area contributed by atoms with E-state index >= 15 is 0 Å². The second kappa shape index (κ2) is 9.90. The number of nitrogens with one attached hydrogen (secondary N) is 1. The first-order chi connectivity index (χ1) is 13.3. The summed E-state index contributed by atoms with van der Waals surface area (Å²) in [7, 11) is 1.62. The Balaban J connectivity index is 2.01. The number of rotatable bonds is 7. The fourth-order valence-electron chi connectivity index (χ4n) is 2.70. The van der Waals surface area contributed by atoms with Crippen LogP contribution in [0.3, 0.4) is 0 Å². The standard InChI is InChI=1S/C23H25ClN2O2/c1-15(12-13-26-18(4)19-7-9-20(24)10-8-19)14-28-21-11-6-16(2)22(17(21)3)23(27)25-5/h6-13H,1,14H2,2-5H3,(H,25,27)/b13-12-,26-18?. The van der Waals surface area contributed by atoms with E-state index in [0.717, 1.165) is 28.0 Å². The SMILES string of the molecule is C=C(/C=C\N=C(C)c1ccc(Cl)cc1)COc1ccc(C)c(C(=O)NC)c1C. The van der Waals surface area contributed by atoms with Crippen LogP contribution in [0.5, 0.6) is 5.75 Å². The van der Waals surface area contributed by atoms with Crippen molar-refractivity contribution in [1.82, 2.24) is 5.32 Å². The highest BCUT2D eigenvalue weighted by Crippen LogP contribution is 2.25. The van der Waals surface area contributed by atoms with E-state index in [1.54, 1.807) is 13.2 Å². The number of aliphatic imine (C=N–C) groups is 1. The zero-order valence-corrected chi connectivity index (χ0v) is 17.4. The predicted molar refractivity (Wildman–Crippen MR) is 117 cm³/mol. The topological polar surface area (TPSA) is 50.7 Å². The van der Waals surface area contributed by atoms with E-state index in [2.05, 4.69) is 16.9 Å². The van der Waals surface area contributed by atoms with Crippen molar-refractivity contribution in [3.8, 4) is 5.75 Å². The van der Waals surface area contributed by atoms with Gasteiger partial charge in [0, 0.05) is 35.1 Å². The Bertz CT molecular complexity index is 928. The van der Waals surface area contributed by atoms with Crippen LogP contribution in [0.15, 0.2) is 65.8 Å². The maximum atomic E-state index is 12.1. The Morgan fingerprint density at radius 2 is 1.89 bits per heavy atom. The number of hydrogen-bond donors (Lipinski definition) is 1. The molecule has 0 saturated heterocycles. The van der Waals surface area contributed by atoms with Crippen LogP contribution in [0, 0.1) is 13.8 Å². The summed E-state index contributed by atoms with van der Waals surface area (Å²) in [6.45, 7) is 10.0. The third-order valence-electron chi connectivity index (χ3n) is 4.33. The minimum Gasteiger partial charge on any atom is -0.489 e. The molecule has 0 aromatic heterocycles. The summed E-state index contributed by atoms with van der Waals surface area (Å²) in [5, 5.41) is 3.36. The minimum absolute atomic E-state index is 0.119. The van der Waals surface area contributed by atoms with Crippen LogP contribution in [0.2, 0.25) is 5.02 Å². The number of carbonyl (C=O) groups is 1. The molecule has 0 unspecified atom stereocenters. The highest BCUT2D eigenvalue weighted by Gasteiger charge is 2.14. The van der Waals surface area contributed by atoms with Crippen molar-refractivity contribution in [3.05, 3.63) is 88.1 Å². The molecule has 28 heavy (non-hydrogen) atoms. The second-order valence-electron chi connectivity index (χ2n) is 6.44. The van der Waals surface area contributed by atoms with Crippen molar-refractivity contribution in [2.45, 2.75) is 20.8 Å². The monoisotopic (exact) mass is 396 g/mol. The van der Waals surface area contributed by atoms with E-state index < -0.39 is 0 Å². The first-order valence-electron chi connectivity index (χ1n) is 8.93. The van der Waals surface area contributed by atoms with E-state index in [4.69, 9.17) is 16.3 Å². The summed E-state index contributed by atoms with van der Waals surface area (Å²) in [6.07, 6.45) is 3.51. The quantitative estimate of drug-likeness (QED) is 0.511. The second-order valence-corrected chi connectivity index (χ2v) is 6.88. The molecule has 0 aliphatic carbocycles. The van der Waals surface area contributed by atoms with Gasteiger partial charge in [0.15, 0.2) is 0 Å². The van der Waals surface area contributed by atoms with Gasteiger partial charge in [-0.25, -0.2) is 0 Å². The smallest absolute Gasteiger partial charge is 0.251 e. The van der Waals surface area contributed by atoms with Gasteiger partial charge in [0.2, 0.25) is 0 Å². The zero-order chi connectivity index (χ0) is 20.7. The Labute approximate surface area is 171 Å². The predicted octanol–water partition coefficient (Wildman–Crippen LogP) is 5.27. The van der Waals surface area contributed by atoms with Gasteiger partial charge in [-0.05, 0) is 61.7 Å². The molecule has 146 valence electrons. The average Bonchev–Trinajstić information content (AvgIpc) is 2.67. The number of benzene rings is 2. The molecule has 0 aliphatic heterocycles. The van der Waals surface area contributed by atoms with Crippen LogP contribution in [0.25, 0.3) is 0 Å². The maximum Gasteiger partial charge on any atom is 0.251 e. The van der Waals surface area contributed by atoms with Gasteiger partial charge in [0.05, 0.1) is 0 Å². The van der Waals surface area contributed by atoms with Crippen molar-refractivity contribution in [2.24, 2.45) is 4.99 Å². The molecule has 0 fully saturated rings. The largest absolute Gasteiger partial charge is 0.489 e. The van der Waals surface area contributed by atoms with Crippen LogP contribution in [0.1, 0.15) is 34.0 Å². The molecule has 0 spiro atoms. The van der Waals surface area contributed by atoms with Crippen molar-refractivity contribution in [2.75, 3.05) is 13.7 Å². The van der Waals surface area contributed by atoms with Gasteiger partial charge in [0.1, 0.15) is 12.4 Å². The van der Waals surface area contributed by atoms with Crippen LogP contribution in [-0.2, 0) is 0 Å². The molecule has 0 bridgehead atoms. The minimum atomic E-state index is -0.119. The first-order valence-corrected chi connectivity index (χ1v) is 9.31. The molecule has 5 heteroatoms. The summed E-state index contributed by atoms with van der Waals surface area (Å²) < 4.78 is 5.85. The van der Waals surface area contributed by atoms with Crippen LogP contribution >= 0.6 is 11.6 Å². The molecule has 0 radical (unpaired) electrons. The third-order valence-corrected chi connectivity index (χ3v) is 4.58. The van der Waals surface area contributed by atoms with Gasteiger partial charge in [-0.15, -0.1) is 0 Å². The normalized spacial score (nSPS) is 11.5. The molecule has 0 atom stereocenters. The Kier molecular flexibility index (Phi) is 7.59. The van der Waals surface area contributed by atoms with Crippen LogP contribution in [0.4, 0.5) is 0 Å². The molecule has 0 saturated carbocycles. The number of aryl methyl sites for hydroxylation is 1. The molecule has 0 heterocycles. The van der Waals surface area contributed by atoms with E-state index in [-0.39, 0.29) is 5.91 Å². The lowest BCUT2D eigenvalue weighted by Crippen LogP contribution is -2.20. The lowest BCUT2D eigenvalue weighted by Gasteiger charge is -2.14. The molecular formula is C23H25ClN2O2. The maximum absolute atomic E-state index is 12.1.